The lowest BCUT2D eigenvalue weighted by Gasteiger charge is -2.28. The lowest BCUT2D eigenvalue weighted by Crippen LogP contribution is -2.35. The molecule has 0 atom stereocenters. The van der Waals surface area contributed by atoms with E-state index in [1.165, 1.54) is 25.7 Å². The van der Waals surface area contributed by atoms with Gasteiger partial charge in [0.05, 0.1) is 17.3 Å². The highest BCUT2D eigenvalue weighted by atomic mass is 35.5. The molecule has 6 heteroatoms. The van der Waals surface area contributed by atoms with Crippen LogP contribution in [0.25, 0.3) is 0 Å². The molecule has 1 aromatic heterocycles. The first-order chi connectivity index (χ1) is 9.24. The summed E-state index contributed by atoms with van der Waals surface area (Å²) in [4.78, 5) is 6.66. The largest absolute Gasteiger partial charge is 0.395 e. The van der Waals surface area contributed by atoms with E-state index in [4.69, 9.17) is 17.4 Å². The predicted molar refractivity (Wildman–Crippen MR) is 76.8 cm³/mol. The van der Waals surface area contributed by atoms with Crippen LogP contribution in [-0.2, 0) is 6.54 Å². The highest BCUT2D eigenvalue weighted by molar-refractivity contribution is 6.31. The van der Waals surface area contributed by atoms with Crippen LogP contribution in [0.4, 0.5) is 5.82 Å². The SMILES string of the molecule is NNc1ccc(Cl)c(CN(CCO)C2CCCC2)n1. The maximum Gasteiger partial charge on any atom is 0.140 e. The molecule has 0 saturated heterocycles. The van der Waals surface area contributed by atoms with Crippen molar-refractivity contribution in [1.82, 2.24) is 9.88 Å². The molecule has 1 aliphatic rings. The Balaban J connectivity index is 2.11. The molecule has 1 aromatic rings. The van der Waals surface area contributed by atoms with Gasteiger partial charge in [-0.15, -0.1) is 0 Å². The van der Waals surface area contributed by atoms with Gasteiger partial charge in [0.25, 0.3) is 0 Å². The Morgan fingerprint density at radius 2 is 2.16 bits per heavy atom. The van der Waals surface area contributed by atoms with Crippen LogP contribution in [0.3, 0.4) is 0 Å². The van der Waals surface area contributed by atoms with Crippen molar-refractivity contribution in [3.05, 3.63) is 22.8 Å². The Morgan fingerprint density at radius 1 is 1.42 bits per heavy atom. The molecule has 4 N–H and O–H groups in total. The van der Waals surface area contributed by atoms with E-state index in [0.29, 0.717) is 30.0 Å². The van der Waals surface area contributed by atoms with Gasteiger partial charge in [0, 0.05) is 19.1 Å². The molecular weight excluding hydrogens is 264 g/mol. The maximum absolute atomic E-state index is 9.22. The van der Waals surface area contributed by atoms with Crippen molar-refractivity contribution in [3.63, 3.8) is 0 Å². The van der Waals surface area contributed by atoms with E-state index in [2.05, 4.69) is 15.3 Å². The molecule has 0 amide bonds. The predicted octanol–water partition coefficient (Wildman–Crippen LogP) is 1.76. The van der Waals surface area contributed by atoms with Crippen molar-refractivity contribution in [1.29, 1.82) is 0 Å². The fourth-order valence-corrected chi connectivity index (χ4v) is 2.82. The number of pyridine rings is 1. The van der Waals surface area contributed by atoms with Gasteiger partial charge in [0.2, 0.25) is 0 Å². The average molecular weight is 285 g/mol. The Labute approximate surface area is 118 Å². The molecule has 106 valence electrons. The van der Waals surface area contributed by atoms with Crippen LogP contribution in [0.2, 0.25) is 5.02 Å². The van der Waals surface area contributed by atoms with Crippen LogP contribution >= 0.6 is 11.6 Å². The zero-order valence-corrected chi connectivity index (χ0v) is 11.7. The zero-order chi connectivity index (χ0) is 13.7. The summed E-state index contributed by atoms with van der Waals surface area (Å²) < 4.78 is 0. The second kappa shape index (κ2) is 7.05. The molecule has 0 aliphatic heterocycles. The maximum atomic E-state index is 9.22. The first-order valence-electron chi connectivity index (χ1n) is 6.71. The van der Waals surface area contributed by atoms with Gasteiger partial charge in [-0.25, -0.2) is 10.8 Å². The highest BCUT2D eigenvalue weighted by Gasteiger charge is 2.23. The Morgan fingerprint density at radius 3 is 2.79 bits per heavy atom. The summed E-state index contributed by atoms with van der Waals surface area (Å²) in [6.07, 6.45) is 4.90. The number of aliphatic hydroxyl groups excluding tert-OH is 1. The molecule has 0 aromatic carbocycles. The molecule has 1 heterocycles. The molecule has 0 spiro atoms. The van der Waals surface area contributed by atoms with Gasteiger partial charge >= 0.3 is 0 Å². The molecule has 5 nitrogen and oxygen atoms in total. The lowest BCUT2D eigenvalue weighted by molar-refractivity contribution is 0.143. The molecule has 0 radical (unpaired) electrons. The standard InChI is InChI=1S/C13H21ClN4O/c14-11-5-6-13(17-15)16-12(11)9-18(7-8-19)10-3-1-2-4-10/h5-6,10,19H,1-4,7-9,15H2,(H,16,17). The highest BCUT2D eigenvalue weighted by Crippen LogP contribution is 2.26. The topological polar surface area (TPSA) is 74.4 Å². The molecule has 1 aliphatic carbocycles. The number of nitrogens with zero attached hydrogens (tertiary/aromatic N) is 2. The third-order valence-corrected chi connectivity index (χ3v) is 3.99. The van der Waals surface area contributed by atoms with E-state index < -0.39 is 0 Å². The van der Waals surface area contributed by atoms with Crippen molar-refractivity contribution in [2.24, 2.45) is 5.84 Å². The smallest absolute Gasteiger partial charge is 0.140 e. The number of aliphatic hydroxyl groups is 1. The first-order valence-corrected chi connectivity index (χ1v) is 7.09. The number of aromatic nitrogens is 1. The van der Waals surface area contributed by atoms with Crippen LogP contribution in [-0.4, -0.2) is 34.2 Å². The van der Waals surface area contributed by atoms with E-state index in [9.17, 15) is 5.11 Å². The quantitative estimate of drug-likeness (QED) is 0.548. The van der Waals surface area contributed by atoms with Crippen molar-refractivity contribution in [3.8, 4) is 0 Å². The van der Waals surface area contributed by atoms with Crippen LogP contribution in [0, 0.1) is 0 Å². The van der Waals surface area contributed by atoms with E-state index in [1.807, 2.05) is 0 Å². The first kappa shape index (κ1) is 14.5. The fourth-order valence-electron chi connectivity index (χ4n) is 2.66. The minimum absolute atomic E-state index is 0.156. The van der Waals surface area contributed by atoms with Crippen LogP contribution in [0.1, 0.15) is 31.4 Å². The van der Waals surface area contributed by atoms with Gasteiger partial charge in [-0.3, -0.25) is 4.90 Å². The second-order valence-corrected chi connectivity index (χ2v) is 5.31. The summed E-state index contributed by atoms with van der Waals surface area (Å²) in [6.45, 7) is 1.46. The molecule has 0 bridgehead atoms. The van der Waals surface area contributed by atoms with Gasteiger partial charge in [-0.2, -0.15) is 0 Å². The molecule has 1 fully saturated rings. The van der Waals surface area contributed by atoms with Gasteiger partial charge in [-0.05, 0) is 25.0 Å². The Kier molecular flexibility index (Phi) is 5.39. The average Bonchev–Trinajstić information content (AvgIpc) is 2.94. The second-order valence-electron chi connectivity index (χ2n) is 4.90. The van der Waals surface area contributed by atoms with Crippen LogP contribution in [0.15, 0.2) is 12.1 Å². The van der Waals surface area contributed by atoms with Crippen molar-refractivity contribution >= 4 is 17.4 Å². The van der Waals surface area contributed by atoms with Gasteiger partial charge in [-0.1, -0.05) is 24.4 Å². The number of nitrogens with two attached hydrogens (primary N) is 1. The van der Waals surface area contributed by atoms with Gasteiger partial charge < -0.3 is 10.5 Å². The van der Waals surface area contributed by atoms with Gasteiger partial charge in [0.1, 0.15) is 5.82 Å². The minimum atomic E-state index is 0.156. The Hall–Kier alpha value is -0.880. The Bertz CT molecular complexity index is 410. The third kappa shape index (κ3) is 3.79. The number of nitrogen functional groups attached to an aromatic ring is 1. The summed E-state index contributed by atoms with van der Waals surface area (Å²) in [5.74, 6) is 5.98. The number of hydrazine groups is 1. The number of hydrogen-bond donors (Lipinski definition) is 3. The van der Waals surface area contributed by atoms with Gasteiger partial charge in [0.15, 0.2) is 0 Å². The summed E-state index contributed by atoms with van der Waals surface area (Å²) in [5.41, 5.74) is 3.33. The number of anilines is 1. The van der Waals surface area contributed by atoms with Crippen molar-refractivity contribution in [2.75, 3.05) is 18.6 Å². The summed E-state index contributed by atoms with van der Waals surface area (Å²) in [5, 5.41) is 9.86. The van der Waals surface area contributed by atoms with Crippen LogP contribution in [0.5, 0.6) is 0 Å². The number of hydrogen-bond acceptors (Lipinski definition) is 5. The van der Waals surface area contributed by atoms with Crippen LogP contribution < -0.4 is 11.3 Å². The summed E-state index contributed by atoms with van der Waals surface area (Å²) >= 11 is 6.18. The minimum Gasteiger partial charge on any atom is -0.395 e. The number of rotatable bonds is 6. The lowest BCUT2D eigenvalue weighted by atomic mass is 10.2. The fraction of sp³-hybridized carbons (Fsp3) is 0.615. The normalized spacial score (nSPS) is 16.2. The van der Waals surface area contributed by atoms with Crippen molar-refractivity contribution < 1.29 is 5.11 Å². The number of nitrogens with one attached hydrogen (secondary N) is 1. The number of halogens is 1. The van der Waals surface area contributed by atoms with Crippen molar-refractivity contribution in [2.45, 2.75) is 38.3 Å². The zero-order valence-electron chi connectivity index (χ0n) is 11.0. The molecule has 19 heavy (non-hydrogen) atoms. The molecular formula is C13H21ClN4O. The van der Waals surface area contributed by atoms with E-state index >= 15 is 0 Å². The summed E-state index contributed by atoms with van der Waals surface area (Å²) in [6, 6.07) is 4.07. The van der Waals surface area contributed by atoms with E-state index in [-0.39, 0.29) is 6.61 Å². The third-order valence-electron chi connectivity index (χ3n) is 3.65. The van der Waals surface area contributed by atoms with E-state index in [1.54, 1.807) is 12.1 Å². The molecule has 2 rings (SSSR count). The monoisotopic (exact) mass is 284 g/mol. The summed E-state index contributed by atoms with van der Waals surface area (Å²) in [7, 11) is 0. The molecule has 0 unspecified atom stereocenters. The van der Waals surface area contributed by atoms with E-state index in [0.717, 1.165) is 5.69 Å². The molecule has 1 saturated carbocycles.